The second-order valence-corrected chi connectivity index (χ2v) is 7.27. The normalized spacial score (nSPS) is 10.5. The molecular weight excluding hydrogens is 508 g/mol. The standard InChI is InChI=1S/C12H8Br4N2O/c13-7-1-6(11(19)9(15)2-7)4-17-12-10(16)3-8(14)5-18-12/h1-3,5,19H,4H2,(H,17,18). The summed E-state index contributed by atoms with van der Waals surface area (Å²) in [7, 11) is 0. The van der Waals surface area contributed by atoms with E-state index in [2.05, 4.69) is 74.0 Å². The van der Waals surface area contributed by atoms with E-state index in [1.54, 1.807) is 12.3 Å². The molecule has 0 spiro atoms. The van der Waals surface area contributed by atoms with Crippen molar-refractivity contribution in [1.29, 1.82) is 0 Å². The molecule has 0 radical (unpaired) electrons. The molecule has 2 rings (SSSR count). The topological polar surface area (TPSA) is 45.1 Å². The average Bonchev–Trinajstić information content (AvgIpc) is 2.33. The Kier molecular flexibility index (Phi) is 5.28. The van der Waals surface area contributed by atoms with Crippen molar-refractivity contribution in [2.75, 3.05) is 5.32 Å². The summed E-state index contributed by atoms with van der Waals surface area (Å²) in [6.45, 7) is 0.469. The highest BCUT2D eigenvalue weighted by Gasteiger charge is 2.08. The number of phenolic OH excluding ortho intramolecular Hbond substituents is 1. The number of anilines is 1. The van der Waals surface area contributed by atoms with Gasteiger partial charge in [0.25, 0.3) is 0 Å². The van der Waals surface area contributed by atoms with Gasteiger partial charge in [-0.25, -0.2) is 4.98 Å². The maximum absolute atomic E-state index is 9.97. The van der Waals surface area contributed by atoms with Crippen LogP contribution < -0.4 is 5.32 Å². The van der Waals surface area contributed by atoms with E-state index in [9.17, 15) is 5.11 Å². The van der Waals surface area contributed by atoms with Crippen molar-refractivity contribution >= 4 is 69.5 Å². The first kappa shape index (κ1) is 15.3. The zero-order chi connectivity index (χ0) is 14.0. The van der Waals surface area contributed by atoms with Crippen molar-refractivity contribution in [1.82, 2.24) is 4.98 Å². The number of halogens is 4. The number of hydrogen-bond donors (Lipinski definition) is 2. The van der Waals surface area contributed by atoms with Gasteiger partial charge in [0, 0.05) is 27.3 Å². The fraction of sp³-hybridized carbons (Fsp3) is 0.0833. The molecule has 0 atom stereocenters. The molecule has 0 saturated carbocycles. The molecule has 19 heavy (non-hydrogen) atoms. The molecule has 0 aliphatic rings. The van der Waals surface area contributed by atoms with E-state index < -0.39 is 0 Å². The van der Waals surface area contributed by atoms with Crippen molar-refractivity contribution in [3.8, 4) is 5.75 Å². The van der Waals surface area contributed by atoms with Crippen LogP contribution in [0.3, 0.4) is 0 Å². The number of hydrogen-bond acceptors (Lipinski definition) is 3. The lowest BCUT2D eigenvalue weighted by molar-refractivity contribution is 0.465. The number of rotatable bonds is 3. The quantitative estimate of drug-likeness (QED) is 0.571. The van der Waals surface area contributed by atoms with Crippen LogP contribution in [-0.4, -0.2) is 10.1 Å². The van der Waals surface area contributed by atoms with E-state index in [0.29, 0.717) is 11.0 Å². The number of pyridine rings is 1. The van der Waals surface area contributed by atoms with Crippen LogP contribution in [0.4, 0.5) is 5.82 Å². The number of nitrogens with zero attached hydrogens (tertiary/aromatic N) is 1. The maximum atomic E-state index is 9.97. The van der Waals surface area contributed by atoms with Crippen molar-refractivity contribution < 1.29 is 5.11 Å². The zero-order valence-electron chi connectivity index (χ0n) is 9.42. The van der Waals surface area contributed by atoms with E-state index in [1.807, 2.05) is 12.1 Å². The number of phenols is 1. The third-order valence-electron chi connectivity index (χ3n) is 2.36. The van der Waals surface area contributed by atoms with E-state index >= 15 is 0 Å². The van der Waals surface area contributed by atoms with Crippen molar-refractivity contribution in [2.45, 2.75) is 6.54 Å². The summed E-state index contributed by atoms with van der Waals surface area (Å²) in [5.74, 6) is 0.947. The van der Waals surface area contributed by atoms with Gasteiger partial charge in [0.1, 0.15) is 11.6 Å². The first-order chi connectivity index (χ1) is 8.97. The lowest BCUT2D eigenvalue weighted by Crippen LogP contribution is -2.02. The molecular formula is C12H8Br4N2O. The van der Waals surface area contributed by atoms with Crippen LogP contribution in [0.5, 0.6) is 5.75 Å². The summed E-state index contributed by atoms with van der Waals surface area (Å²) >= 11 is 13.5. The summed E-state index contributed by atoms with van der Waals surface area (Å²) in [5, 5.41) is 13.1. The first-order valence-electron chi connectivity index (χ1n) is 5.19. The molecule has 1 aromatic heterocycles. The third-order valence-corrected chi connectivity index (χ3v) is 4.46. The Labute approximate surface area is 144 Å². The maximum Gasteiger partial charge on any atom is 0.140 e. The lowest BCUT2D eigenvalue weighted by atomic mass is 10.2. The molecule has 1 heterocycles. The Morgan fingerprint density at radius 2 is 1.68 bits per heavy atom. The summed E-state index contributed by atoms with van der Waals surface area (Å²) in [5.41, 5.74) is 0.776. The zero-order valence-corrected chi connectivity index (χ0v) is 15.8. The fourth-order valence-electron chi connectivity index (χ4n) is 1.48. The van der Waals surface area contributed by atoms with Crippen LogP contribution >= 0.6 is 63.7 Å². The SMILES string of the molecule is Oc1c(Br)cc(Br)cc1CNc1ncc(Br)cc1Br. The second kappa shape index (κ2) is 6.56. The van der Waals surface area contributed by atoms with Crippen molar-refractivity contribution in [2.24, 2.45) is 0 Å². The smallest absolute Gasteiger partial charge is 0.140 e. The number of nitrogens with one attached hydrogen (secondary N) is 1. The van der Waals surface area contributed by atoms with Gasteiger partial charge in [-0.15, -0.1) is 0 Å². The van der Waals surface area contributed by atoms with Gasteiger partial charge in [0.05, 0.1) is 8.95 Å². The van der Waals surface area contributed by atoms with E-state index in [1.165, 1.54) is 0 Å². The van der Waals surface area contributed by atoms with Gasteiger partial charge in [0.15, 0.2) is 0 Å². The average molecular weight is 516 g/mol. The second-order valence-electron chi connectivity index (χ2n) is 3.73. The van der Waals surface area contributed by atoms with Crippen LogP contribution in [0.15, 0.2) is 42.3 Å². The molecule has 100 valence electrons. The predicted octanol–water partition coefficient (Wildman–Crippen LogP) is 5.45. The van der Waals surface area contributed by atoms with Crippen molar-refractivity contribution in [3.05, 3.63) is 47.9 Å². The Morgan fingerprint density at radius 3 is 2.37 bits per heavy atom. The molecule has 0 amide bonds. The molecule has 0 unspecified atom stereocenters. The summed E-state index contributed by atoms with van der Waals surface area (Å²) in [4.78, 5) is 4.26. The van der Waals surface area contributed by atoms with E-state index in [0.717, 1.165) is 24.8 Å². The molecule has 2 aromatic rings. The Bertz CT molecular complexity index is 619. The third kappa shape index (κ3) is 3.93. The summed E-state index contributed by atoms with van der Waals surface area (Å²) in [6.07, 6.45) is 1.71. The Hall–Kier alpha value is -0.110. The number of aromatic hydroxyl groups is 1. The van der Waals surface area contributed by atoms with Gasteiger partial charge in [-0.1, -0.05) is 15.9 Å². The molecule has 0 aliphatic heterocycles. The lowest BCUT2D eigenvalue weighted by Gasteiger charge is -2.10. The van der Waals surface area contributed by atoms with Crippen LogP contribution in [0, 0.1) is 0 Å². The highest BCUT2D eigenvalue weighted by molar-refractivity contribution is 9.11. The minimum absolute atomic E-state index is 0.226. The molecule has 3 nitrogen and oxygen atoms in total. The van der Waals surface area contributed by atoms with Gasteiger partial charge in [-0.05, 0) is 66.0 Å². The minimum atomic E-state index is 0.226. The molecule has 2 N–H and O–H groups in total. The molecule has 0 fully saturated rings. The molecule has 0 saturated heterocycles. The van der Waals surface area contributed by atoms with E-state index in [-0.39, 0.29) is 5.75 Å². The highest BCUT2D eigenvalue weighted by atomic mass is 79.9. The highest BCUT2D eigenvalue weighted by Crippen LogP contribution is 2.32. The van der Waals surface area contributed by atoms with Crippen molar-refractivity contribution in [3.63, 3.8) is 0 Å². The molecule has 7 heteroatoms. The van der Waals surface area contributed by atoms with Gasteiger partial charge in [0.2, 0.25) is 0 Å². The fourth-order valence-corrected chi connectivity index (χ4v) is 3.92. The van der Waals surface area contributed by atoms with Gasteiger partial charge in [-0.3, -0.25) is 0 Å². The molecule has 1 aromatic carbocycles. The predicted molar refractivity (Wildman–Crippen MR) is 90.5 cm³/mol. The molecule has 0 bridgehead atoms. The van der Waals surface area contributed by atoms with Gasteiger partial charge in [-0.2, -0.15) is 0 Å². The number of aromatic nitrogens is 1. The Morgan fingerprint density at radius 1 is 1.00 bits per heavy atom. The van der Waals surface area contributed by atoms with E-state index in [4.69, 9.17) is 0 Å². The minimum Gasteiger partial charge on any atom is -0.506 e. The van der Waals surface area contributed by atoms with Crippen LogP contribution in [0.2, 0.25) is 0 Å². The van der Waals surface area contributed by atoms with Gasteiger partial charge < -0.3 is 10.4 Å². The number of benzene rings is 1. The molecule has 0 aliphatic carbocycles. The van der Waals surface area contributed by atoms with Crippen LogP contribution in [0.25, 0.3) is 0 Å². The largest absolute Gasteiger partial charge is 0.506 e. The summed E-state index contributed by atoms with van der Waals surface area (Å²) in [6, 6.07) is 5.57. The first-order valence-corrected chi connectivity index (χ1v) is 8.36. The van der Waals surface area contributed by atoms with Gasteiger partial charge >= 0.3 is 0 Å². The van der Waals surface area contributed by atoms with Crippen LogP contribution in [-0.2, 0) is 6.54 Å². The monoisotopic (exact) mass is 512 g/mol. The van der Waals surface area contributed by atoms with Crippen LogP contribution in [0.1, 0.15) is 5.56 Å². The summed E-state index contributed by atoms with van der Waals surface area (Å²) < 4.78 is 3.31. The Balaban J connectivity index is 2.19.